The number of aryl methyl sites for hydroxylation is 1. The maximum atomic E-state index is 13.0. The van der Waals surface area contributed by atoms with Gasteiger partial charge in [-0.25, -0.2) is 4.79 Å². The molecule has 9 heteroatoms. The third-order valence-electron chi connectivity index (χ3n) is 4.65. The number of aromatic amines is 1. The molecule has 0 radical (unpaired) electrons. The molecule has 2 aromatic heterocycles. The van der Waals surface area contributed by atoms with Crippen molar-refractivity contribution in [1.29, 1.82) is 0 Å². The monoisotopic (exact) mass is 434 g/mol. The molecule has 0 aromatic carbocycles. The van der Waals surface area contributed by atoms with Crippen LogP contribution >= 0.6 is 11.3 Å². The van der Waals surface area contributed by atoms with Crippen LogP contribution in [0.2, 0.25) is 0 Å². The number of hydrogen-bond acceptors (Lipinski definition) is 6. The summed E-state index contributed by atoms with van der Waals surface area (Å²) in [5.74, 6) is -0.377. The minimum atomic E-state index is -0.692. The maximum absolute atomic E-state index is 13.0. The van der Waals surface area contributed by atoms with E-state index in [4.69, 9.17) is 5.73 Å². The molecule has 0 saturated heterocycles. The molecule has 2 heterocycles. The first-order valence-electron chi connectivity index (χ1n) is 10.2. The van der Waals surface area contributed by atoms with Gasteiger partial charge in [-0.2, -0.15) is 0 Å². The van der Waals surface area contributed by atoms with E-state index in [1.165, 1.54) is 20.8 Å². The third-order valence-corrected chi connectivity index (χ3v) is 5.69. The van der Waals surface area contributed by atoms with E-state index in [1.54, 1.807) is 6.07 Å². The number of rotatable bonds is 10. The van der Waals surface area contributed by atoms with Gasteiger partial charge in [0, 0.05) is 30.8 Å². The lowest BCUT2D eigenvalue weighted by molar-refractivity contribution is -0.118. The van der Waals surface area contributed by atoms with Gasteiger partial charge in [0.15, 0.2) is 11.5 Å². The largest absolute Gasteiger partial charge is 0.383 e. The van der Waals surface area contributed by atoms with E-state index in [1.807, 2.05) is 33.8 Å². The number of aromatic nitrogens is 2. The van der Waals surface area contributed by atoms with Crippen LogP contribution in [0.5, 0.6) is 0 Å². The summed E-state index contributed by atoms with van der Waals surface area (Å²) in [6.07, 6.45) is 1.47. The van der Waals surface area contributed by atoms with Gasteiger partial charge in [0.05, 0.1) is 4.88 Å². The van der Waals surface area contributed by atoms with Gasteiger partial charge in [0.1, 0.15) is 5.82 Å². The summed E-state index contributed by atoms with van der Waals surface area (Å²) in [5.41, 5.74) is 4.87. The summed E-state index contributed by atoms with van der Waals surface area (Å²) in [7, 11) is 0. The molecule has 0 saturated carbocycles. The summed E-state index contributed by atoms with van der Waals surface area (Å²) in [6.45, 7) is 8.34. The minimum absolute atomic E-state index is 0.0203. The highest BCUT2D eigenvalue weighted by Gasteiger charge is 2.24. The zero-order valence-corrected chi connectivity index (χ0v) is 18.8. The van der Waals surface area contributed by atoms with Gasteiger partial charge < -0.3 is 10.6 Å². The fraction of sp³-hybridized carbons (Fsp3) is 0.524. The summed E-state index contributed by atoms with van der Waals surface area (Å²) in [6, 6.07) is 3.62. The van der Waals surface area contributed by atoms with Crippen molar-refractivity contribution in [3.05, 3.63) is 42.7 Å². The molecular weight excluding hydrogens is 404 g/mol. The third kappa shape index (κ3) is 5.69. The molecule has 8 nitrogen and oxygen atoms in total. The Labute approximate surface area is 179 Å². The van der Waals surface area contributed by atoms with Crippen molar-refractivity contribution in [1.82, 2.24) is 9.55 Å². The number of H-pyrrole nitrogens is 1. The van der Waals surface area contributed by atoms with Gasteiger partial charge in [-0.05, 0) is 31.4 Å². The molecule has 0 fully saturated rings. The Bertz CT molecular complexity index is 1020. The van der Waals surface area contributed by atoms with Crippen LogP contribution in [-0.2, 0) is 11.3 Å². The molecule has 0 aliphatic carbocycles. The fourth-order valence-electron chi connectivity index (χ4n) is 3.13. The summed E-state index contributed by atoms with van der Waals surface area (Å²) < 4.78 is 1.28. The standard InChI is InChI=1S/C21H30N4O4S/c1-5-6-11-24(17(27)10-8-15(26)16-9-7-14(4)30-16)18-19(22)25(12-13(2)3)21(29)23-20(18)28/h7,9,13H,5-6,8,10-12,22H2,1-4H3,(H,23,28,29). The van der Waals surface area contributed by atoms with Crippen molar-refractivity contribution < 1.29 is 9.59 Å². The molecule has 1 amide bonds. The predicted octanol–water partition coefficient (Wildman–Crippen LogP) is 2.94. The predicted molar refractivity (Wildman–Crippen MR) is 120 cm³/mol. The molecule has 2 aromatic rings. The van der Waals surface area contributed by atoms with E-state index < -0.39 is 11.2 Å². The van der Waals surface area contributed by atoms with Crippen molar-refractivity contribution in [3.8, 4) is 0 Å². The number of nitrogen functional groups attached to an aromatic ring is 1. The smallest absolute Gasteiger partial charge is 0.330 e. The second-order valence-electron chi connectivity index (χ2n) is 7.73. The minimum Gasteiger partial charge on any atom is -0.383 e. The number of hydrogen-bond donors (Lipinski definition) is 2. The molecule has 0 bridgehead atoms. The number of unbranched alkanes of at least 4 members (excludes halogenated alkanes) is 1. The average molecular weight is 435 g/mol. The molecular formula is C21H30N4O4S. The van der Waals surface area contributed by atoms with E-state index in [9.17, 15) is 19.2 Å². The van der Waals surface area contributed by atoms with E-state index in [-0.39, 0.29) is 48.5 Å². The number of anilines is 2. The lowest BCUT2D eigenvalue weighted by atomic mass is 10.1. The number of thiophene rings is 1. The number of ketones is 1. The molecule has 0 spiro atoms. The molecule has 0 unspecified atom stereocenters. The Morgan fingerprint density at radius 3 is 2.50 bits per heavy atom. The Morgan fingerprint density at radius 2 is 1.93 bits per heavy atom. The lowest BCUT2D eigenvalue weighted by Crippen LogP contribution is -2.42. The Balaban J connectivity index is 2.32. The van der Waals surface area contributed by atoms with Crippen LogP contribution in [0, 0.1) is 12.8 Å². The van der Waals surface area contributed by atoms with Crippen LogP contribution < -0.4 is 21.9 Å². The lowest BCUT2D eigenvalue weighted by Gasteiger charge is -2.25. The van der Waals surface area contributed by atoms with E-state index in [0.717, 1.165) is 11.3 Å². The van der Waals surface area contributed by atoms with Crippen LogP contribution in [0.4, 0.5) is 11.5 Å². The van der Waals surface area contributed by atoms with E-state index in [2.05, 4.69) is 4.98 Å². The molecule has 164 valence electrons. The molecule has 2 rings (SSSR count). The molecule has 30 heavy (non-hydrogen) atoms. The second kappa shape index (κ2) is 10.4. The van der Waals surface area contributed by atoms with Crippen molar-refractivity contribution in [2.75, 3.05) is 17.2 Å². The van der Waals surface area contributed by atoms with Gasteiger partial charge in [-0.1, -0.05) is 27.2 Å². The van der Waals surface area contributed by atoms with E-state index >= 15 is 0 Å². The van der Waals surface area contributed by atoms with Crippen LogP contribution in [0.3, 0.4) is 0 Å². The number of nitrogens with one attached hydrogen (secondary N) is 1. The number of amides is 1. The Morgan fingerprint density at radius 1 is 1.23 bits per heavy atom. The molecule has 3 N–H and O–H groups in total. The maximum Gasteiger partial charge on any atom is 0.330 e. The van der Waals surface area contributed by atoms with Crippen LogP contribution in [0.25, 0.3) is 0 Å². The first-order chi connectivity index (χ1) is 14.1. The van der Waals surface area contributed by atoms with Crippen molar-refractivity contribution in [2.24, 2.45) is 5.92 Å². The SMILES string of the molecule is CCCCN(C(=O)CCC(=O)c1ccc(C)s1)c1c(N)n(CC(C)C)c(=O)[nH]c1=O. The highest BCUT2D eigenvalue weighted by Crippen LogP contribution is 2.21. The highest BCUT2D eigenvalue weighted by molar-refractivity contribution is 7.14. The summed E-state index contributed by atoms with van der Waals surface area (Å²) in [4.78, 5) is 55.4. The number of nitrogens with zero attached hydrogens (tertiary/aromatic N) is 2. The molecule has 0 aliphatic heterocycles. The van der Waals surface area contributed by atoms with Crippen molar-refractivity contribution in [3.63, 3.8) is 0 Å². The number of Topliss-reactive ketones (excluding diaryl/α,β-unsaturated/α-hetero) is 1. The van der Waals surface area contributed by atoms with Crippen LogP contribution in [-0.4, -0.2) is 27.8 Å². The zero-order valence-electron chi connectivity index (χ0n) is 18.0. The summed E-state index contributed by atoms with van der Waals surface area (Å²) in [5, 5.41) is 0. The number of carbonyl (C=O) groups excluding carboxylic acids is 2. The first-order valence-corrected chi connectivity index (χ1v) is 11.0. The molecule has 0 aliphatic rings. The number of nitrogens with two attached hydrogens (primary N) is 1. The van der Waals surface area contributed by atoms with Crippen LogP contribution in [0.15, 0.2) is 21.7 Å². The van der Waals surface area contributed by atoms with Crippen molar-refractivity contribution >= 4 is 34.5 Å². The zero-order chi connectivity index (χ0) is 22.4. The van der Waals surface area contributed by atoms with Crippen molar-refractivity contribution in [2.45, 2.75) is 59.9 Å². The van der Waals surface area contributed by atoms with Gasteiger partial charge in [0.25, 0.3) is 5.56 Å². The van der Waals surface area contributed by atoms with Crippen LogP contribution in [0.1, 0.15) is 61.0 Å². The van der Waals surface area contributed by atoms with Gasteiger partial charge >= 0.3 is 5.69 Å². The summed E-state index contributed by atoms with van der Waals surface area (Å²) >= 11 is 1.39. The fourth-order valence-corrected chi connectivity index (χ4v) is 3.96. The molecule has 0 atom stereocenters. The van der Waals surface area contributed by atoms with Gasteiger partial charge in [0.2, 0.25) is 5.91 Å². The van der Waals surface area contributed by atoms with Gasteiger partial charge in [-0.3, -0.25) is 23.9 Å². The average Bonchev–Trinajstić information content (AvgIpc) is 3.11. The first kappa shape index (κ1) is 23.6. The quantitative estimate of drug-likeness (QED) is 0.557. The van der Waals surface area contributed by atoms with Gasteiger partial charge in [-0.15, -0.1) is 11.3 Å². The Kier molecular flexibility index (Phi) is 8.16. The van der Waals surface area contributed by atoms with E-state index in [0.29, 0.717) is 17.8 Å². The normalized spacial score (nSPS) is 11.1. The number of carbonyl (C=O) groups is 2. The topological polar surface area (TPSA) is 118 Å². The second-order valence-corrected chi connectivity index (χ2v) is 9.02. The Hall–Kier alpha value is -2.68. The highest BCUT2D eigenvalue weighted by atomic mass is 32.1.